The summed E-state index contributed by atoms with van der Waals surface area (Å²) in [6.45, 7) is 0. The number of rotatable bonds is 9. The molecular weight excluding hydrogens is 539 g/mol. The molecule has 1 heterocycles. The summed E-state index contributed by atoms with van der Waals surface area (Å²) < 4.78 is 13.5. The van der Waals surface area contributed by atoms with Crippen molar-refractivity contribution in [2.75, 3.05) is 5.88 Å². The van der Waals surface area contributed by atoms with E-state index in [2.05, 4.69) is 0 Å². The minimum absolute atomic E-state index is 0.0735. The van der Waals surface area contributed by atoms with Crippen molar-refractivity contribution >= 4 is 46.5 Å². The third-order valence-corrected chi connectivity index (χ3v) is 6.14. The predicted octanol–water partition coefficient (Wildman–Crippen LogP) is 4.18. The highest BCUT2D eigenvalue weighted by Gasteiger charge is 2.48. The summed E-state index contributed by atoms with van der Waals surface area (Å²) in [5.41, 5.74) is -2.29. The highest BCUT2D eigenvalue weighted by atomic mass is 35.5. The van der Waals surface area contributed by atoms with Crippen molar-refractivity contribution in [2.45, 2.75) is 12.5 Å². The second-order valence-corrected chi connectivity index (χ2v) is 8.58. The first-order valence-corrected chi connectivity index (χ1v) is 11.7. The van der Waals surface area contributed by atoms with Gasteiger partial charge in [-0.25, -0.2) is 9.40 Å². The highest BCUT2D eigenvalue weighted by Crippen LogP contribution is 2.34. The van der Waals surface area contributed by atoms with Gasteiger partial charge in [0.25, 0.3) is 29.1 Å². The van der Waals surface area contributed by atoms with Crippen LogP contribution in [0.3, 0.4) is 0 Å². The third kappa shape index (κ3) is 4.94. The number of nitrogens with zero attached hydrogens (tertiary/aromatic N) is 4. The normalized spacial score (nSPS) is 13.1. The van der Waals surface area contributed by atoms with E-state index in [9.17, 15) is 43.8 Å². The maximum Gasteiger partial charge on any atom is 0.287 e. The van der Waals surface area contributed by atoms with Crippen molar-refractivity contribution in [2.24, 2.45) is 0 Å². The molecule has 4 rings (SSSR count). The molecule has 0 spiro atoms. The van der Waals surface area contributed by atoms with Gasteiger partial charge >= 0.3 is 0 Å². The molecule has 3 aromatic rings. The van der Waals surface area contributed by atoms with E-state index >= 15 is 0 Å². The lowest BCUT2D eigenvalue weighted by Gasteiger charge is -2.35. The van der Waals surface area contributed by atoms with Gasteiger partial charge in [0.1, 0.15) is 17.4 Å². The number of Topliss-reactive ketones (excluding diaryl/α,β-unsaturated/α-hetero) is 1. The van der Waals surface area contributed by atoms with Crippen LogP contribution in [0.15, 0.2) is 66.7 Å². The fourth-order valence-electron chi connectivity index (χ4n) is 4.11. The fraction of sp³-hybridized carbons (Fsp3) is 0.120. The third-order valence-electron chi connectivity index (χ3n) is 5.93. The number of carbonyl (C=O) groups is 4. The van der Waals surface area contributed by atoms with E-state index < -0.39 is 56.5 Å². The zero-order chi connectivity index (χ0) is 28.4. The minimum atomic E-state index is -1.60. The summed E-state index contributed by atoms with van der Waals surface area (Å²) in [5.74, 6) is -5.12. The Kier molecular flexibility index (Phi) is 7.44. The van der Waals surface area contributed by atoms with Crippen molar-refractivity contribution in [3.05, 3.63) is 115 Å². The highest BCUT2D eigenvalue weighted by molar-refractivity contribution is 6.24. The molecule has 12 nitrogen and oxygen atoms in total. The van der Waals surface area contributed by atoms with E-state index in [1.165, 1.54) is 6.07 Å². The van der Waals surface area contributed by atoms with E-state index in [4.69, 9.17) is 11.6 Å². The lowest BCUT2D eigenvalue weighted by atomic mass is 10.0. The number of ketones is 1. The number of nitro benzene ring substituents is 2. The van der Waals surface area contributed by atoms with Crippen molar-refractivity contribution in [1.29, 1.82) is 0 Å². The number of carbonyl (C=O) groups excluding carboxylic acids is 4. The van der Waals surface area contributed by atoms with Crippen LogP contribution < -0.4 is 0 Å². The maximum atomic E-state index is 13.8. The molecule has 0 aliphatic carbocycles. The summed E-state index contributed by atoms with van der Waals surface area (Å²) >= 11 is 5.94. The molecule has 3 amide bonds. The van der Waals surface area contributed by atoms with Gasteiger partial charge in [0.2, 0.25) is 0 Å². The molecular formula is C25H16ClFN4O8. The van der Waals surface area contributed by atoms with Gasteiger partial charge in [0, 0.05) is 35.2 Å². The summed E-state index contributed by atoms with van der Waals surface area (Å²) in [5, 5.41) is 23.5. The van der Waals surface area contributed by atoms with E-state index in [0.29, 0.717) is 10.0 Å². The molecule has 0 saturated carbocycles. The largest absolute Gasteiger partial charge is 0.292 e. The van der Waals surface area contributed by atoms with Gasteiger partial charge in [0.15, 0.2) is 5.78 Å². The molecule has 0 N–H and O–H groups in total. The Balaban J connectivity index is 1.88. The zero-order valence-corrected chi connectivity index (χ0v) is 20.4. The first-order valence-electron chi connectivity index (χ1n) is 11.2. The molecule has 1 atom stereocenters. The number of hydrogen-bond donors (Lipinski definition) is 0. The van der Waals surface area contributed by atoms with Crippen molar-refractivity contribution in [3.8, 4) is 0 Å². The Morgan fingerprint density at radius 1 is 0.897 bits per heavy atom. The van der Waals surface area contributed by atoms with Gasteiger partial charge in [-0.05, 0) is 48.9 Å². The van der Waals surface area contributed by atoms with Crippen LogP contribution in [-0.4, -0.2) is 55.3 Å². The number of halogens is 2. The van der Waals surface area contributed by atoms with E-state index in [-0.39, 0.29) is 34.7 Å². The first-order chi connectivity index (χ1) is 18.6. The van der Waals surface area contributed by atoms with Crippen molar-refractivity contribution < 1.29 is 33.4 Å². The Labute approximate surface area is 223 Å². The van der Waals surface area contributed by atoms with Crippen molar-refractivity contribution in [1.82, 2.24) is 10.0 Å². The fourth-order valence-corrected chi connectivity index (χ4v) is 4.31. The Bertz CT molecular complexity index is 1530. The number of alkyl halides is 1. The van der Waals surface area contributed by atoms with Gasteiger partial charge in [0.05, 0.1) is 15.4 Å². The van der Waals surface area contributed by atoms with Gasteiger partial charge in [-0.1, -0.05) is 6.07 Å². The summed E-state index contributed by atoms with van der Waals surface area (Å²) in [7, 11) is 0. The van der Waals surface area contributed by atoms with Crippen LogP contribution in [0.25, 0.3) is 0 Å². The number of hydrazine groups is 1. The van der Waals surface area contributed by atoms with Crippen LogP contribution in [0.4, 0.5) is 15.8 Å². The number of imide groups is 1. The molecule has 0 fully saturated rings. The van der Waals surface area contributed by atoms with E-state index in [0.717, 1.165) is 60.7 Å². The Hall–Kier alpha value is -5.04. The molecule has 0 bridgehead atoms. The number of hydrogen-bond acceptors (Lipinski definition) is 8. The van der Waals surface area contributed by atoms with Crippen LogP contribution >= 0.6 is 11.6 Å². The van der Waals surface area contributed by atoms with Gasteiger partial charge in [-0.2, -0.15) is 5.01 Å². The number of nitro groups is 2. The average molecular weight is 555 g/mol. The van der Waals surface area contributed by atoms with Gasteiger partial charge in [-0.15, -0.1) is 11.6 Å². The maximum absolute atomic E-state index is 13.8. The summed E-state index contributed by atoms with van der Waals surface area (Å²) in [4.78, 5) is 75.3. The molecule has 3 aromatic carbocycles. The predicted molar refractivity (Wildman–Crippen MR) is 133 cm³/mol. The molecule has 0 radical (unpaired) electrons. The number of amides is 3. The number of fused-ring (bicyclic) bond motifs is 1. The van der Waals surface area contributed by atoms with Crippen LogP contribution in [-0.2, 0) is 0 Å². The molecule has 0 saturated heterocycles. The van der Waals surface area contributed by atoms with Crippen molar-refractivity contribution in [3.63, 3.8) is 0 Å². The Morgan fingerprint density at radius 2 is 1.51 bits per heavy atom. The minimum Gasteiger partial charge on any atom is -0.292 e. The quantitative estimate of drug-likeness (QED) is 0.125. The monoisotopic (exact) mass is 554 g/mol. The lowest BCUT2D eigenvalue weighted by molar-refractivity contribution is -0.385. The molecule has 14 heteroatoms. The van der Waals surface area contributed by atoms with Crippen LogP contribution in [0.1, 0.15) is 47.9 Å². The van der Waals surface area contributed by atoms with E-state index in [1.807, 2.05) is 0 Å². The summed E-state index contributed by atoms with van der Waals surface area (Å²) in [6, 6.07) is 10.2. The standard InChI is InChI=1S/C25H16ClFN4O8/c26-13-12-20(22(32)14-4-8-16(27)9-5-14)28(23(33)15-6-10-17(11-7-15)30(36)37)29-24(34)18-2-1-3-19(31(38)39)21(18)25(29)35/h1-11,20H,12-13H2/t20-/m1/s1. The first kappa shape index (κ1) is 27.0. The van der Waals surface area contributed by atoms with E-state index in [1.54, 1.807) is 0 Å². The van der Waals surface area contributed by atoms with Crippen LogP contribution in [0, 0.1) is 26.0 Å². The average Bonchev–Trinajstić information content (AvgIpc) is 3.18. The van der Waals surface area contributed by atoms with Gasteiger partial charge in [-0.3, -0.25) is 39.4 Å². The van der Waals surface area contributed by atoms with Gasteiger partial charge < -0.3 is 0 Å². The molecule has 1 aliphatic heterocycles. The van der Waals surface area contributed by atoms with Crippen LogP contribution in [0.5, 0.6) is 0 Å². The molecule has 0 unspecified atom stereocenters. The second-order valence-electron chi connectivity index (χ2n) is 8.20. The zero-order valence-electron chi connectivity index (χ0n) is 19.7. The van der Waals surface area contributed by atoms with Crippen LogP contribution in [0.2, 0.25) is 0 Å². The number of benzene rings is 3. The second kappa shape index (κ2) is 10.8. The smallest absolute Gasteiger partial charge is 0.287 e. The molecule has 1 aliphatic rings. The molecule has 39 heavy (non-hydrogen) atoms. The SMILES string of the molecule is O=C(c1ccc(F)cc1)[C@@H](CCCl)N(C(=O)c1ccc([N+](=O)[O-])cc1)N1C(=O)c2cccc([N+](=O)[O-])c2C1=O. The molecule has 198 valence electrons. The summed E-state index contributed by atoms with van der Waals surface area (Å²) in [6.07, 6.45) is -0.286. The topological polar surface area (TPSA) is 161 Å². The molecule has 0 aromatic heterocycles. The number of non-ortho nitro benzene ring substituents is 1. The lowest BCUT2D eigenvalue weighted by Crippen LogP contribution is -2.57. The Morgan fingerprint density at radius 3 is 2.08 bits per heavy atom.